The van der Waals surface area contributed by atoms with Gasteiger partial charge in [0.15, 0.2) is 0 Å². The van der Waals surface area contributed by atoms with Crippen LogP contribution in [0.3, 0.4) is 0 Å². The van der Waals surface area contributed by atoms with Crippen molar-refractivity contribution >= 4 is 28.0 Å². The molecule has 0 spiro atoms. The molecule has 0 aromatic carbocycles. The molecule has 0 aromatic rings. The molecule has 12 heavy (non-hydrogen) atoms. The van der Waals surface area contributed by atoms with Gasteiger partial charge in [-0.05, 0) is 0 Å². The van der Waals surface area contributed by atoms with Gasteiger partial charge in [-0.25, -0.2) is 0 Å². The number of carbonyl (C=O) groups is 2. The SMILES string of the molecule is CCOC(=O)C([SeH])C(=O)OCC. The summed E-state index contributed by atoms with van der Waals surface area (Å²) in [6.45, 7) is 3.91. The second-order valence-corrected chi connectivity index (χ2v) is 2.99. The summed E-state index contributed by atoms with van der Waals surface area (Å²) in [5.41, 5.74) is 0. The topological polar surface area (TPSA) is 52.6 Å². The van der Waals surface area contributed by atoms with Crippen molar-refractivity contribution in [1.82, 2.24) is 0 Å². The van der Waals surface area contributed by atoms with Gasteiger partial charge in [-0.2, -0.15) is 0 Å². The van der Waals surface area contributed by atoms with Crippen molar-refractivity contribution in [3.63, 3.8) is 0 Å². The fourth-order valence-electron chi connectivity index (χ4n) is 0.539. The van der Waals surface area contributed by atoms with Crippen LogP contribution in [0.2, 0.25) is 4.82 Å². The molecule has 0 saturated heterocycles. The number of hydrogen-bond acceptors (Lipinski definition) is 4. The standard InChI is InChI=1S/C7H12O4Se/c1-3-10-6(8)5(12)7(9)11-4-2/h5,12H,3-4H2,1-2H3. The van der Waals surface area contributed by atoms with E-state index in [1.807, 2.05) is 16.0 Å². The van der Waals surface area contributed by atoms with E-state index >= 15 is 0 Å². The van der Waals surface area contributed by atoms with Crippen LogP contribution in [-0.4, -0.2) is 41.2 Å². The van der Waals surface area contributed by atoms with Crippen LogP contribution in [0.5, 0.6) is 0 Å². The molecular formula is C7H12O4Se. The van der Waals surface area contributed by atoms with E-state index < -0.39 is 16.8 Å². The van der Waals surface area contributed by atoms with E-state index in [0.29, 0.717) is 0 Å². The van der Waals surface area contributed by atoms with Gasteiger partial charge in [-0.3, -0.25) is 0 Å². The summed E-state index contributed by atoms with van der Waals surface area (Å²) in [5, 5.41) is 0. The van der Waals surface area contributed by atoms with Crippen molar-refractivity contribution in [3.8, 4) is 0 Å². The van der Waals surface area contributed by atoms with Gasteiger partial charge in [0.2, 0.25) is 0 Å². The van der Waals surface area contributed by atoms with Gasteiger partial charge in [0, 0.05) is 0 Å². The molecule has 70 valence electrons. The van der Waals surface area contributed by atoms with Gasteiger partial charge in [-0.1, -0.05) is 0 Å². The van der Waals surface area contributed by atoms with Crippen LogP contribution in [0.25, 0.3) is 0 Å². The van der Waals surface area contributed by atoms with Crippen molar-refractivity contribution in [2.24, 2.45) is 0 Å². The number of esters is 2. The van der Waals surface area contributed by atoms with Crippen molar-refractivity contribution in [2.75, 3.05) is 13.2 Å². The van der Waals surface area contributed by atoms with Gasteiger partial charge >= 0.3 is 78.9 Å². The Balaban J connectivity index is 3.91. The van der Waals surface area contributed by atoms with E-state index in [-0.39, 0.29) is 13.2 Å². The molecule has 0 heterocycles. The zero-order valence-corrected chi connectivity index (χ0v) is 8.95. The van der Waals surface area contributed by atoms with Crippen molar-refractivity contribution < 1.29 is 19.1 Å². The third-order valence-corrected chi connectivity index (χ3v) is 1.90. The fraction of sp³-hybridized carbons (Fsp3) is 0.714. The molecule has 0 unspecified atom stereocenters. The summed E-state index contributed by atoms with van der Waals surface area (Å²) < 4.78 is 9.23. The molecule has 0 fully saturated rings. The minimum atomic E-state index is -0.877. The van der Waals surface area contributed by atoms with Gasteiger partial charge in [-0.15, -0.1) is 0 Å². The second-order valence-electron chi connectivity index (χ2n) is 1.91. The summed E-state index contributed by atoms with van der Waals surface area (Å²) in [5.74, 6) is -1.12. The van der Waals surface area contributed by atoms with Gasteiger partial charge < -0.3 is 0 Å². The molecule has 0 aliphatic heterocycles. The molecule has 0 N–H and O–H groups in total. The monoisotopic (exact) mass is 240 g/mol. The van der Waals surface area contributed by atoms with Crippen LogP contribution in [0.4, 0.5) is 0 Å². The summed E-state index contributed by atoms with van der Waals surface area (Å²) in [4.78, 5) is 21.0. The molecule has 5 heteroatoms. The molecule has 4 nitrogen and oxygen atoms in total. The number of hydrogen-bond donors (Lipinski definition) is 0. The Bertz CT molecular complexity index is 151. The zero-order chi connectivity index (χ0) is 9.56. The zero-order valence-electron chi connectivity index (χ0n) is 7.07. The Labute approximate surface area is 79.4 Å². The summed E-state index contributed by atoms with van der Waals surface area (Å²) in [6.07, 6.45) is 0. The maximum atomic E-state index is 10.9. The first-order chi connectivity index (χ1) is 5.63. The second kappa shape index (κ2) is 6.03. The number of rotatable bonds is 4. The van der Waals surface area contributed by atoms with E-state index in [9.17, 15) is 9.59 Å². The van der Waals surface area contributed by atoms with E-state index in [0.717, 1.165) is 0 Å². The first-order valence-corrected chi connectivity index (χ1v) is 4.73. The van der Waals surface area contributed by atoms with Gasteiger partial charge in [0.1, 0.15) is 0 Å². The quantitative estimate of drug-likeness (QED) is 0.387. The van der Waals surface area contributed by atoms with E-state index in [4.69, 9.17) is 0 Å². The van der Waals surface area contributed by atoms with Gasteiger partial charge in [0.25, 0.3) is 0 Å². The number of ether oxygens (including phenoxy) is 2. The minimum absolute atomic E-state index is 0.270. The van der Waals surface area contributed by atoms with E-state index in [2.05, 4.69) is 9.47 Å². The van der Waals surface area contributed by atoms with Gasteiger partial charge in [0.05, 0.1) is 0 Å². The fourth-order valence-corrected chi connectivity index (χ4v) is 0.851. The molecular weight excluding hydrogens is 227 g/mol. The van der Waals surface area contributed by atoms with Crippen molar-refractivity contribution in [3.05, 3.63) is 0 Å². The Morgan fingerprint density at radius 2 is 1.50 bits per heavy atom. The first-order valence-electron chi connectivity index (χ1n) is 3.64. The third kappa shape index (κ3) is 3.74. The summed E-state index contributed by atoms with van der Waals surface area (Å²) >= 11 is 1.93. The summed E-state index contributed by atoms with van der Waals surface area (Å²) in [7, 11) is 0. The molecule has 0 saturated carbocycles. The molecule has 0 amide bonds. The Morgan fingerprint density at radius 3 is 1.75 bits per heavy atom. The average Bonchev–Trinajstić information content (AvgIpc) is 2.04. The van der Waals surface area contributed by atoms with E-state index in [1.54, 1.807) is 13.8 Å². The first kappa shape index (κ1) is 11.5. The van der Waals surface area contributed by atoms with Crippen molar-refractivity contribution in [2.45, 2.75) is 18.7 Å². The molecule has 0 bridgehead atoms. The maximum absolute atomic E-state index is 10.9. The van der Waals surface area contributed by atoms with Crippen LogP contribution in [0.15, 0.2) is 0 Å². The third-order valence-electron chi connectivity index (χ3n) is 1.02. The van der Waals surface area contributed by atoms with Crippen LogP contribution < -0.4 is 0 Å². The number of carbonyl (C=O) groups excluding carboxylic acids is 2. The van der Waals surface area contributed by atoms with Crippen LogP contribution >= 0.6 is 0 Å². The Hall–Kier alpha value is -0.541. The molecule has 0 atom stereocenters. The molecule has 0 aliphatic carbocycles. The Morgan fingerprint density at radius 1 is 1.17 bits per heavy atom. The molecule has 0 aromatic heterocycles. The van der Waals surface area contributed by atoms with Crippen LogP contribution in [-0.2, 0) is 19.1 Å². The molecule has 0 aliphatic rings. The van der Waals surface area contributed by atoms with Crippen LogP contribution in [0.1, 0.15) is 13.8 Å². The van der Waals surface area contributed by atoms with Crippen LogP contribution in [0, 0.1) is 0 Å². The van der Waals surface area contributed by atoms with E-state index in [1.165, 1.54) is 0 Å². The normalized spacial score (nSPS) is 9.67. The summed E-state index contributed by atoms with van der Waals surface area (Å²) in [6, 6.07) is 0. The van der Waals surface area contributed by atoms with Crippen molar-refractivity contribution in [1.29, 1.82) is 0 Å². The predicted molar refractivity (Wildman–Crippen MR) is 44.2 cm³/mol. The molecule has 0 rings (SSSR count). The predicted octanol–water partition coefficient (Wildman–Crippen LogP) is -0.198. The Kier molecular flexibility index (Phi) is 5.76. The average molecular weight is 239 g/mol. The molecule has 0 radical (unpaired) electrons.